The minimum Gasteiger partial charge on any atom is -0.328 e. The fourth-order valence-corrected chi connectivity index (χ4v) is 2.73. The number of carbonyl (C=O) groups excluding carboxylic acids is 1. The standard InChI is InChI=1S/C19H18N4O/c24-19(18-11-13-23(21-18)17-7-2-1-3-8-17)22(16-9-10-16)14-15-6-4-5-12-20-15/h1-8,11-13,16H,9-10,14H2. The van der Waals surface area contributed by atoms with E-state index in [1.54, 1.807) is 16.9 Å². The van der Waals surface area contributed by atoms with Crippen molar-refractivity contribution in [2.24, 2.45) is 0 Å². The Labute approximate surface area is 140 Å². The van der Waals surface area contributed by atoms with Crippen LogP contribution in [0.3, 0.4) is 0 Å². The van der Waals surface area contributed by atoms with Gasteiger partial charge in [-0.15, -0.1) is 0 Å². The molecule has 0 radical (unpaired) electrons. The topological polar surface area (TPSA) is 51.0 Å². The van der Waals surface area contributed by atoms with Gasteiger partial charge >= 0.3 is 0 Å². The Morgan fingerprint density at radius 3 is 2.58 bits per heavy atom. The van der Waals surface area contributed by atoms with Gasteiger partial charge in [0.1, 0.15) is 0 Å². The van der Waals surface area contributed by atoms with E-state index in [0.29, 0.717) is 18.3 Å². The van der Waals surface area contributed by atoms with Crippen LogP contribution in [0.25, 0.3) is 5.69 Å². The molecule has 4 rings (SSSR count). The Morgan fingerprint density at radius 2 is 1.88 bits per heavy atom. The van der Waals surface area contributed by atoms with Gasteiger partial charge in [-0.25, -0.2) is 4.68 Å². The van der Waals surface area contributed by atoms with Crippen molar-refractivity contribution >= 4 is 5.91 Å². The quantitative estimate of drug-likeness (QED) is 0.726. The zero-order chi connectivity index (χ0) is 16.4. The molecule has 3 aromatic rings. The minimum atomic E-state index is -0.0298. The minimum absolute atomic E-state index is 0.0298. The van der Waals surface area contributed by atoms with E-state index in [-0.39, 0.29) is 5.91 Å². The molecule has 2 aromatic heterocycles. The smallest absolute Gasteiger partial charge is 0.274 e. The number of aromatic nitrogens is 3. The Balaban J connectivity index is 1.56. The molecule has 120 valence electrons. The number of rotatable bonds is 5. The molecule has 0 N–H and O–H groups in total. The van der Waals surface area contributed by atoms with Crippen molar-refractivity contribution in [2.75, 3.05) is 0 Å². The van der Waals surface area contributed by atoms with Gasteiger partial charge in [0.25, 0.3) is 5.91 Å². The molecule has 24 heavy (non-hydrogen) atoms. The summed E-state index contributed by atoms with van der Waals surface area (Å²) < 4.78 is 1.74. The second-order valence-corrected chi connectivity index (χ2v) is 5.97. The highest BCUT2D eigenvalue weighted by Crippen LogP contribution is 2.29. The number of pyridine rings is 1. The lowest BCUT2D eigenvalue weighted by Gasteiger charge is -2.21. The molecule has 0 spiro atoms. The van der Waals surface area contributed by atoms with Crippen LogP contribution >= 0.6 is 0 Å². The van der Waals surface area contributed by atoms with Gasteiger partial charge in [-0.05, 0) is 43.2 Å². The second kappa shape index (κ2) is 6.28. The Hall–Kier alpha value is -2.95. The highest BCUT2D eigenvalue weighted by molar-refractivity contribution is 5.92. The zero-order valence-corrected chi connectivity index (χ0v) is 13.2. The van der Waals surface area contributed by atoms with Gasteiger partial charge in [0, 0.05) is 18.4 Å². The number of hydrogen-bond acceptors (Lipinski definition) is 3. The first-order valence-corrected chi connectivity index (χ1v) is 8.13. The molecule has 1 aromatic carbocycles. The van der Waals surface area contributed by atoms with Crippen molar-refractivity contribution in [3.05, 3.63) is 78.4 Å². The first-order chi connectivity index (χ1) is 11.8. The summed E-state index contributed by atoms with van der Waals surface area (Å²) in [6.07, 6.45) is 5.69. The molecule has 0 atom stereocenters. The summed E-state index contributed by atoms with van der Waals surface area (Å²) in [6.45, 7) is 0.530. The van der Waals surface area contributed by atoms with Crippen molar-refractivity contribution < 1.29 is 4.79 Å². The number of nitrogens with zero attached hydrogens (tertiary/aromatic N) is 4. The van der Waals surface area contributed by atoms with Gasteiger partial charge in [-0.2, -0.15) is 5.10 Å². The summed E-state index contributed by atoms with van der Waals surface area (Å²) in [6, 6.07) is 17.7. The van der Waals surface area contributed by atoms with Crippen LogP contribution in [0.2, 0.25) is 0 Å². The van der Waals surface area contributed by atoms with Gasteiger partial charge in [0.15, 0.2) is 5.69 Å². The Morgan fingerprint density at radius 1 is 1.08 bits per heavy atom. The molecule has 0 bridgehead atoms. The van der Waals surface area contributed by atoms with E-state index in [9.17, 15) is 4.79 Å². The highest BCUT2D eigenvalue weighted by Gasteiger charge is 2.34. The SMILES string of the molecule is O=C(c1ccn(-c2ccccc2)n1)N(Cc1ccccn1)C1CC1. The molecule has 2 heterocycles. The molecular formula is C19H18N4O. The molecule has 0 aliphatic heterocycles. The predicted molar refractivity (Wildman–Crippen MR) is 90.7 cm³/mol. The summed E-state index contributed by atoms with van der Waals surface area (Å²) in [7, 11) is 0. The van der Waals surface area contributed by atoms with Gasteiger partial charge in [-0.3, -0.25) is 9.78 Å². The third-order valence-electron chi connectivity index (χ3n) is 4.14. The van der Waals surface area contributed by atoms with Crippen LogP contribution in [0.15, 0.2) is 67.0 Å². The van der Waals surface area contributed by atoms with Crippen molar-refractivity contribution in [2.45, 2.75) is 25.4 Å². The highest BCUT2D eigenvalue weighted by atomic mass is 16.2. The average molecular weight is 318 g/mol. The average Bonchev–Trinajstić information content (AvgIpc) is 3.36. The molecule has 1 saturated carbocycles. The molecule has 1 aliphatic rings. The van der Waals surface area contributed by atoms with E-state index < -0.39 is 0 Å². The van der Waals surface area contributed by atoms with Crippen LogP contribution in [0.1, 0.15) is 29.0 Å². The van der Waals surface area contributed by atoms with Gasteiger partial charge in [-0.1, -0.05) is 24.3 Å². The summed E-state index contributed by atoms with van der Waals surface area (Å²) in [5, 5.41) is 4.46. The fraction of sp³-hybridized carbons (Fsp3) is 0.211. The van der Waals surface area contributed by atoms with Crippen molar-refractivity contribution in [3.63, 3.8) is 0 Å². The maximum atomic E-state index is 12.9. The van der Waals surface area contributed by atoms with Crippen LogP contribution in [-0.4, -0.2) is 31.6 Å². The molecular weight excluding hydrogens is 300 g/mol. The van der Waals surface area contributed by atoms with Gasteiger partial charge < -0.3 is 4.90 Å². The predicted octanol–water partition coefficient (Wildman–Crippen LogP) is 3.07. The van der Waals surface area contributed by atoms with E-state index in [0.717, 1.165) is 24.2 Å². The van der Waals surface area contributed by atoms with Gasteiger partial charge in [0.2, 0.25) is 0 Å². The zero-order valence-electron chi connectivity index (χ0n) is 13.2. The van der Waals surface area contributed by atoms with Crippen molar-refractivity contribution in [1.82, 2.24) is 19.7 Å². The van der Waals surface area contributed by atoms with Gasteiger partial charge in [0.05, 0.1) is 17.9 Å². The summed E-state index contributed by atoms with van der Waals surface area (Å²) >= 11 is 0. The fourth-order valence-electron chi connectivity index (χ4n) is 2.73. The van der Waals surface area contributed by atoms with E-state index in [1.807, 2.05) is 59.6 Å². The molecule has 0 unspecified atom stereocenters. The lowest BCUT2D eigenvalue weighted by molar-refractivity contribution is 0.0721. The molecule has 5 nitrogen and oxygen atoms in total. The number of amides is 1. The van der Waals surface area contributed by atoms with Crippen LogP contribution in [0.4, 0.5) is 0 Å². The second-order valence-electron chi connectivity index (χ2n) is 5.97. The van der Waals surface area contributed by atoms with Crippen molar-refractivity contribution in [3.8, 4) is 5.69 Å². The molecule has 1 aliphatic carbocycles. The van der Waals surface area contributed by atoms with E-state index >= 15 is 0 Å². The maximum absolute atomic E-state index is 12.9. The van der Waals surface area contributed by atoms with Crippen LogP contribution in [0, 0.1) is 0 Å². The molecule has 1 fully saturated rings. The Kier molecular flexibility index (Phi) is 3.83. The number of carbonyl (C=O) groups is 1. The van der Waals surface area contributed by atoms with E-state index in [4.69, 9.17) is 0 Å². The van der Waals surface area contributed by atoms with Crippen molar-refractivity contribution in [1.29, 1.82) is 0 Å². The summed E-state index contributed by atoms with van der Waals surface area (Å²) in [5.74, 6) is -0.0298. The number of benzene rings is 1. The molecule has 1 amide bonds. The van der Waals surface area contributed by atoms with Crippen LogP contribution in [0.5, 0.6) is 0 Å². The number of para-hydroxylation sites is 1. The normalized spacial score (nSPS) is 13.7. The third kappa shape index (κ3) is 3.06. The Bertz CT molecular complexity index is 825. The number of hydrogen-bond donors (Lipinski definition) is 0. The lowest BCUT2D eigenvalue weighted by atomic mass is 10.3. The molecule has 5 heteroatoms. The monoisotopic (exact) mass is 318 g/mol. The first kappa shape index (κ1) is 14.6. The van der Waals surface area contributed by atoms with E-state index in [2.05, 4.69) is 10.1 Å². The van der Waals surface area contributed by atoms with Crippen LogP contribution < -0.4 is 0 Å². The third-order valence-corrected chi connectivity index (χ3v) is 4.14. The summed E-state index contributed by atoms with van der Waals surface area (Å²) in [5.41, 5.74) is 2.32. The summed E-state index contributed by atoms with van der Waals surface area (Å²) in [4.78, 5) is 19.1. The van der Waals surface area contributed by atoms with Crippen LogP contribution in [-0.2, 0) is 6.54 Å². The largest absolute Gasteiger partial charge is 0.328 e. The maximum Gasteiger partial charge on any atom is 0.274 e. The molecule has 0 saturated heterocycles. The van der Waals surface area contributed by atoms with E-state index in [1.165, 1.54) is 0 Å². The first-order valence-electron chi connectivity index (χ1n) is 8.13. The lowest BCUT2D eigenvalue weighted by Crippen LogP contribution is -2.33.